The first-order valence-electron chi connectivity index (χ1n) is 12.6. The number of aromatic nitrogens is 1. The van der Waals surface area contributed by atoms with Gasteiger partial charge >= 0.3 is 11.9 Å². The van der Waals surface area contributed by atoms with Gasteiger partial charge in [0, 0.05) is 10.0 Å². The average Bonchev–Trinajstić information content (AvgIpc) is 3.48. The summed E-state index contributed by atoms with van der Waals surface area (Å²) in [4.78, 5) is 44.9. The molecule has 1 amide bonds. The smallest absolute Gasteiger partial charge is 0.350 e. The van der Waals surface area contributed by atoms with E-state index >= 15 is 0 Å². The second-order valence-electron chi connectivity index (χ2n) is 9.43. The Morgan fingerprint density at radius 3 is 2.41 bits per heavy atom. The lowest BCUT2D eigenvalue weighted by atomic mass is 9.95. The highest BCUT2D eigenvalue weighted by atomic mass is 79.9. The number of methoxy groups -OCH3 is 1. The van der Waals surface area contributed by atoms with Crippen LogP contribution in [0.25, 0.3) is 5.76 Å². The van der Waals surface area contributed by atoms with Crippen molar-refractivity contribution in [3.8, 4) is 5.75 Å². The third-order valence-corrected chi connectivity index (χ3v) is 8.27. The Kier molecular flexibility index (Phi) is 8.05. The molecule has 5 rings (SSSR count). The molecule has 4 aromatic rings. The fraction of sp³-hybridized carbons (Fsp3) is 0.161. The lowest BCUT2D eigenvalue weighted by Gasteiger charge is -2.23. The first kappa shape index (κ1) is 28.3. The van der Waals surface area contributed by atoms with Crippen molar-refractivity contribution < 1.29 is 29.0 Å². The zero-order valence-corrected chi connectivity index (χ0v) is 24.8. The van der Waals surface area contributed by atoms with Crippen molar-refractivity contribution in [2.24, 2.45) is 0 Å². The van der Waals surface area contributed by atoms with Crippen molar-refractivity contribution in [1.29, 1.82) is 0 Å². The van der Waals surface area contributed by atoms with E-state index in [1.165, 1.54) is 12.0 Å². The standard InChI is InChI=1S/C31H25BrN2O6S/c1-17-5-4-6-19(15-17)16-40-23-13-9-21(10-14-23)26(35)24-25(20-7-11-22(32)12-8-20)34(29(37)27(24)36)31-33-18(2)28(41-31)30(38)39-3/h4-15,25,35H,16H2,1-3H3/b26-24-. The zero-order valence-electron chi connectivity index (χ0n) is 22.4. The predicted molar refractivity (Wildman–Crippen MR) is 159 cm³/mol. The summed E-state index contributed by atoms with van der Waals surface area (Å²) >= 11 is 4.36. The molecule has 1 unspecified atom stereocenters. The number of anilines is 1. The molecule has 2 heterocycles. The number of esters is 1. The quantitative estimate of drug-likeness (QED) is 0.107. The molecule has 1 N–H and O–H groups in total. The number of aliphatic hydroxyl groups excluding tert-OH is 1. The number of aryl methyl sites for hydroxylation is 2. The number of nitrogens with zero attached hydrogens (tertiary/aromatic N) is 2. The lowest BCUT2D eigenvalue weighted by Crippen LogP contribution is -2.29. The molecule has 10 heteroatoms. The Bertz CT molecular complexity index is 1680. The molecule has 1 aliphatic heterocycles. The number of thiazole rings is 1. The summed E-state index contributed by atoms with van der Waals surface area (Å²) in [6.45, 7) is 4.02. The van der Waals surface area contributed by atoms with Gasteiger partial charge in [0.2, 0.25) is 0 Å². The van der Waals surface area contributed by atoms with Crippen LogP contribution in [0.2, 0.25) is 0 Å². The molecule has 208 valence electrons. The highest BCUT2D eigenvalue weighted by Gasteiger charge is 2.48. The molecule has 3 aromatic carbocycles. The van der Waals surface area contributed by atoms with Gasteiger partial charge in [-0.25, -0.2) is 9.78 Å². The summed E-state index contributed by atoms with van der Waals surface area (Å²) in [5.41, 5.74) is 3.38. The highest BCUT2D eigenvalue weighted by Crippen LogP contribution is 2.44. The van der Waals surface area contributed by atoms with E-state index in [1.807, 2.05) is 31.2 Å². The summed E-state index contributed by atoms with van der Waals surface area (Å²) in [6, 6.07) is 20.8. The maximum Gasteiger partial charge on any atom is 0.350 e. The molecule has 0 bridgehead atoms. The Hall–Kier alpha value is -4.28. The molecule has 41 heavy (non-hydrogen) atoms. The Morgan fingerprint density at radius 1 is 1.05 bits per heavy atom. The van der Waals surface area contributed by atoms with Gasteiger partial charge in [-0.2, -0.15) is 0 Å². The SMILES string of the molecule is COC(=O)c1sc(N2C(=O)C(=O)/C(=C(\O)c3ccc(OCc4cccc(C)c4)cc3)C2c2ccc(Br)cc2)nc1C. The maximum atomic E-state index is 13.4. The summed E-state index contributed by atoms with van der Waals surface area (Å²) < 4.78 is 11.5. The number of Topliss-reactive ketones (excluding diaryl/α,β-unsaturated/α-hetero) is 1. The fourth-order valence-corrected chi connectivity index (χ4v) is 5.87. The van der Waals surface area contributed by atoms with Crippen LogP contribution in [0.3, 0.4) is 0 Å². The number of hydrogen-bond donors (Lipinski definition) is 1. The van der Waals surface area contributed by atoms with Crippen LogP contribution in [0.5, 0.6) is 5.75 Å². The highest BCUT2D eigenvalue weighted by molar-refractivity contribution is 9.10. The van der Waals surface area contributed by atoms with Gasteiger partial charge in [0.05, 0.1) is 24.4 Å². The minimum Gasteiger partial charge on any atom is -0.507 e. The summed E-state index contributed by atoms with van der Waals surface area (Å²) in [5.74, 6) is -2.05. The number of benzene rings is 3. The van der Waals surface area contributed by atoms with Crippen molar-refractivity contribution in [2.75, 3.05) is 12.0 Å². The first-order valence-corrected chi connectivity index (χ1v) is 14.2. The zero-order chi connectivity index (χ0) is 29.3. The Morgan fingerprint density at radius 2 is 1.76 bits per heavy atom. The lowest BCUT2D eigenvalue weighted by molar-refractivity contribution is -0.132. The van der Waals surface area contributed by atoms with Crippen LogP contribution in [-0.2, 0) is 20.9 Å². The van der Waals surface area contributed by atoms with Crippen LogP contribution >= 0.6 is 27.3 Å². The fourth-order valence-electron chi connectivity index (χ4n) is 4.59. The predicted octanol–water partition coefficient (Wildman–Crippen LogP) is 6.51. The number of ketones is 1. The molecule has 1 fully saturated rings. The van der Waals surface area contributed by atoms with Gasteiger partial charge in [0.1, 0.15) is 23.0 Å². The van der Waals surface area contributed by atoms with E-state index in [0.29, 0.717) is 29.2 Å². The van der Waals surface area contributed by atoms with Gasteiger partial charge in [0.25, 0.3) is 5.78 Å². The molecule has 0 spiro atoms. The van der Waals surface area contributed by atoms with Gasteiger partial charge in [-0.15, -0.1) is 0 Å². The number of ether oxygens (including phenoxy) is 2. The Balaban J connectivity index is 1.52. The van der Waals surface area contributed by atoms with Crippen molar-refractivity contribution in [2.45, 2.75) is 26.5 Å². The van der Waals surface area contributed by atoms with Crippen molar-refractivity contribution >= 4 is 55.8 Å². The average molecular weight is 634 g/mol. The second kappa shape index (κ2) is 11.7. The number of hydrogen-bond acceptors (Lipinski definition) is 8. The molecule has 0 radical (unpaired) electrons. The van der Waals surface area contributed by atoms with Crippen molar-refractivity contribution in [3.05, 3.63) is 116 Å². The summed E-state index contributed by atoms with van der Waals surface area (Å²) in [6.07, 6.45) is 0. The number of amides is 1. The normalized spacial score (nSPS) is 16.2. The molecule has 1 aromatic heterocycles. The molecule has 1 atom stereocenters. The first-order chi connectivity index (χ1) is 19.7. The number of carbonyl (C=O) groups excluding carboxylic acids is 3. The third kappa shape index (κ3) is 5.66. The monoisotopic (exact) mass is 632 g/mol. The summed E-state index contributed by atoms with van der Waals surface area (Å²) in [7, 11) is 1.26. The minimum atomic E-state index is -0.976. The van der Waals surface area contributed by atoms with Gasteiger partial charge < -0.3 is 14.6 Å². The molecule has 8 nitrogen and oxygen atoms in total. The molecule has 1 saturated heterocycles. The van der Waals surface area contributed by atoms with Gasteiger partial charge in [-0.3, -0.25) is 14.5 Å². The van der Waals surface area contributed by atoms with E-state index < -0.39 is 23.7 Å². The van der Waals surface area contributed by atoms with Crippen LogP contribution in [0.15, 0.2) is 82.8 Å². The third-order valence-electron chi connectivity index (χ3n) is 6.61. The molecule has 1 aliphatic rings. The number of rotatable bonds is 7. The molecule has 0 aliphatic carbocycles. The minimum absolute atomic E-state index is 0.0850. The number of halogens is 1. The molecular formula is C31H25BrN2O6S. The van der Waals surface area contributed by atoms with Gasteiger partial charge in [-0.05, 0) is 61.4 Å². The van der Waals surface area contributed by atoms with Gasteiger partial charge in [-0.1, -0.05) is 69.2 Å². The van der Waals surface area contributed by atoms with Crippen molar-refractivity contribution in [1.82, 2.24) is 4.98 Å². The van der Waals surface area contributed by atoms with Gasteiger partial charge in [0.15, 0.2) is 5.13 Å². The van der Waals surface area contributed by atoms with E-state index in [2.05, 4.69) is 20.9 Å². The molecular weight excluding hydrogens is 608 g/mol. The van der Waals surface area contributed by atoms with E-state index in [4.69, 9.17) is 9.47 Å². The number of aliphatic hydroxyl groups is 1. The van der Waals surface area contributed by atoms with Crippen LogP contribution in [-0.4, -0.2) is 34.9 Å². The maximum absolute atomic E-state index is 13.4. The molecule has 0 saturated carbocycles. The van der Waals surface area contributed by atoms with Crippen LogP contribution in [0, 0.1) is 13.8 Å². The number of carbonyl (C=O) groups is 3. The van der Waals surface area contributed by atoms with Crippen molar-refractivity contribution in [3.63, 3.8) is 0 Å². The Labute approximate surface area is 249 Å². The van der Waals surface area contributed by atoms with E-state index in [9.17, 15) is 19.5 Å². The van der Waals surface area contributed by atoms with Crippen LogP contribution < -0.4 is 9.64 Å². The van der Waals surface area contributed by atoms with Crippen LogP contribution in [0.4, 0.5) is 5.13 Å². The summed E-state index contributed by atoms with van der Waals surface area (Å²) in [5, 5.41) is 11.6. The second-order valence-corrected chi connectivity index (χ2v) is 11.3. The van der Waals surface area contributed by atoms with E-state index in [1.54, 1.807) is 55.5 Å². The van der Waals surface area contributed by atoms with E-state index in [-0.39, 0.29) is 21.3 Å². The largest absolute Gasteiger partial charge is 0.507 e. The van der Waals surface area contributed by atoms with Crippen LogP contribution in [0.1, 0.15) is 43.7 Å². The topological polar surface area (TPSA) is 106 Å². The van der Waals surface area contributed by atoms with E-state index in [0.717, 1.165) is 26.9 Å².